The predicted octanol–water partition coefficient (Wildman–Crippen LogP) is 5.72. The second-order valence-electron chi connectivity index (χ2n) is 12.9. The molecule has 7 nitrogen and oxygen atoms in total. The Morgan fingerprint density at radius 1 is 1.02 bits per heavy atom. The number of rotatable bonds is 0. The van der Waals surface area contributed by atoms with Gasteiger partial charge in [-0.05, 0) is 130 Å². The standard InChI is InChI=1S/C32H41ClN2O5S/c1-20-6-7-22-16-28(22)32(2,37)27-12-9-24(27)18-35-14-4-3-5-21-15-26(33)11-8-25(21)19-40-30-13-10-23(17-29(30)35)31(36)34-41(20,38)39/h8,10-11,13,15,17,20,22,24,27-28,37H,3-7,9,12,14,16,18-19H2,1-2H3,(H,34,36)/t20-,22+,24+,27-,28+,32+/m1/s1. The number of nitrogens with one attached hydrogen (secondary N) is 1. The Morgan fingerprint density at radius 2 is 1.83 bits per heavy atom. The third kappa shape index (κ3) is 5.84. The molecule has 0 spiro atoms. The lowest BCUT2D eigenvalue weighted by Gasteiger charge is -2.48. The predicted molar refractivity (Wildman–Crippen MR) is 161 cm³/mol. The van der Waals surface area contributed by atoms with Crippen LogP contribution in [0.15, 0.2) is 36.4 Å². The highest BCUT2D eigenvalue weighted by molar-refractivity contribution is 7.90. The average Bonchev–Trinajstić information content (AvgIpc) is 3.70. The number of hydrogen-bond acceptors (Lipinski definition) is 6. The van der Waals surface area contributed by atoms with E-state index in [2.05, 4.69) is 9.62 Å². The van der Waals surface area contributed by atoms with Gasteiger partial charge < -0.3 is 14.7 Å². The number of aryl methyl sites for hydroxylation is 1. The van der Waals surface area contributed by atoms with Gasteiger partial charge in [0.2, 0.25) is 10.0 Å². The third-order valence-corrected chi connectivity index (χ3v) is 12.2. The van der Waals surface area contributed by atoms with Crippen LogP contribution < -0.4 is 14.4 Å². The number of hydrogen-bond donors (Lipinski definition) is 2. The highest BCUT2D eigenvalue weighted by Gasteiger charge is 2.56. The van der Waals surface area contributed by atoms with E-state index in [0.717, 1.165) is 69.3 Å². The number of aliphatic hydroxyl groups is 1. The van der Waals surface area contributed by atoms with Crippen LogP contribution in [0.5, 0.6) is 5.75 Å². The van der Waals surface area contributed by atoms with E-state index in [4.69, 9.17) is 16.3 Å². The summed E-state index contributed by atoms with van der Waals surface area (Å²) < 4.78 is 34.9. The molecular formula is C32H41ClN2O5S. The van der Waals surface area contributed by atoms with E-state index >= 15 is 0 Å². The summed E-state index contributed by atoms with van der Waals surface area (Å²) in [6, 6.07) is 11.1. The molecule has 2 N–H and O–H groups in total. The van der Waals surface area contributed by atoms with E-state index in [1.54, 1.807) is 25.1 Å². The van der Waals surface area contributed by atoms with Gasteiger partial charge in [0, 0.05) is 23.7 Å². The van der Waals surface area contributed by atoms with Crippen molar-refractivity contribution in [2.24, 2.45) is 23.7 Å². The number of amides is 1. The number of nitrogens with zero attached hydrogens (tertiary/aromatic N) is 1. The maximum atomic E-state index is 13.3. The number of fused-ring (bicyclic) bond motifs is 4. The van der Waals surface area contributed by atoms with Crippen LogP contribution in [-0.2, 0) is 23.1 Å². The first kappa shape index (κ1) is 28.8. The Hall–Kier alpha value is -2.29. The lowest BCUT2D eigenvalue weighted by Crippen LogP contribution is -2.51. The average molecular weight is 601 g/mol. The number of anilines is 1. The molecule has 2 aromatic rings. The molecule has 2 fully saturated rings. The summed E-state index contributed by atoms with van der Waals surface area (Å²) in [5.74, 6) is 1.11. The maximum Gasteiger partial charge on any atom is 0.264 e. The minimum absolute atomic E-state index is 0.197. The molecular weight excluding hydrogens is 560 g/mol. The molecule has 2 heterocycles. The SMILES string of the molecule is C[C@@H]1CC[C@H]2C[C@@H]2[C@@](C)(O)[C@@H]2CC[C@H]2CN2CCCCc3cc(Cl)ccc3COc3ccc(cc32)C(=O)NS1(=O)=O. The fourth-order valence-corrected chi connectivity index (χ4v) is 8.59. The normalized spacial score (nSPS) is 33.4. The molecule has 4 aliphatic rings. The molecule has 1 amide bonds. The van der Waals surface area contributed by atoms with Crippen LogP contribution >= 0.6 is 11.6 Å². The van der Waals surface area contributed by atoms with Gasteiger partial charge in [-0.3, -0.25) is 4.79 Å². The monoisotopic (exact) mass is 600 g/mol. The summed E-state index contributed by atoms with van der Waals surface area (Å²) in [5, 5.41) is 11.8. The molecule has 2 aliphatic carbocycles. The van der Waals surface area contributed by atoms with Crippen LogP contribution in [0.2, 0.25) is 5.02 Å². The zero-order valence-corrected chi connectivity index (χ0v) is 25.5. The quantitative estimate of drug-likeness (QED) is 0.402. The summed E-state index contributed by atoms with van der Waals surface area (Å²) in [5.41, 5.74) is 2.59. The molecule has 41 heavy (non-hydrogen) atoms. The molecule has 2 bridgehead atoms. The van der Waals surface area contributed by atoms with Crippen LogP contribution in [0.4, 0.5) is 5.69 Å². The highest BCUT2D eigenvalue weighted by atomic mass is 35.5. The van der Waals surface area contributed by atoms with E-state index in [1.807, 2.05) is 25.1 Å². The largest absolute Gasteiger partial charge is 0.487 e. The Kier molecular flexibility index (Phi) is 7.79. The second-order valence-corrected chi connectivity index (χ2v) is 15.5. The summed E-state index contributed by atoms with van der Waals surface area (Å²) in [4.78, 5) is 15.6. The van der Waals surface area contributed by atoms with Gasteiger partial charge in [0.15, 0.2) is 0 Å². The summed E-state index contributed by atoms with van der Waals surface area (Å²) in [6.45, 7) is 5.56. The molecule has 9 heteroatoms. The minimum atomic E-state index is -3.85. The molecule has 2 aromatic carbocycles. The maximum absolute atomic E-state index is 13.3. The van der Waals surface area contributed by atoms with Crippen molar-refractivity contribution in [2.45, 2.75) is 82.7 Å². The lowest BCUT2D eigenvalue weighted by atomic mass is 9.63. The number of ether oxygens (including phenoxy) is 1. The van der Waals surface area contributed by atoms with Gasteiger partial charge in [0.25, 0.3) is 5.91 Å². The molecule has 0 unspecified atom stereocenters. The molecule has 0 radical (unpaired) electrons. The van der Waals surface area contributed by atoms with Crippen molar-refractivity contribution < 1.29 is 23.1 Å². The van der Waals surface area contributed by atoms with E-state index in [0.29, 0.717) is 41.2 Å². The zero-order valence-electron chi connectivity index (χ0n) is 23.9. The summed E-state index contributed by atoms with van der Waals surface area (Å²) in [6.07, 6.45) is 7.01. The smallest absolute Gasteiger partial charge is 0.264 e. The van der Waals surface area contributed by atoms with Gasteiger partial charge in [-0.1, -0.05) is 17.7 Å². The number of sulfonamides is 1. The van der Waals surface area contributed by atoms with Crippen molar-refractivity contribution in [1.82, 2.24) is 4.72 Å². The number of halogens is 1. The Morgan fingerprint density at radius 3 is 2.61 bits per heavy atom. The van der Waals surface area contributed by atoms with Crippen molar-refractivity contribution in [2.75, 3.05) is 18.0 Å². The fraction of sp³-hybridized carbons (Fsp3) is 0.594. The molecule has 0 aromatic heterocycles. The molecule has 2 saturated carbocycles. The van der Waals surface area contributed by atoms with Crippen LogP contribution in [-0.4, -0.2) is 43.4 Å². The van der Waals surface area contributed by atoms with Crippen LogP contribution in [0, 0.1) is 23.7 Å². The van der Waals surface area contributed by atoms with E-state index in [1.165, 1.54) is 5.56 Å². The molecule has 6 rings (SSSR count). The van der Waals surface area contributed by atoms with E-state index in [9.17, 15) is 18.3 Å². The molecule has 0 saturated heterocycles. The summed E-state index contributed by atoms with van der Waals surface area (Å²) in [7, 11) is -3.85. The number of benzene rings is 2. The van der Waals surface area contributed by atoms with Gasteiger partial charge in [0.1, 0.15) is 12.4 Å². The topological polar surface area (TPSA) is 95.9 Å². The first-order valence-electron chi connectivity index (χ1n) is 15.1. The Balaban J connectivity index is 1.38. The van der Waals surface area contributed by atoms with Gasteiger partial charge in [-0.2, -0.15) is 0 Å². The van der Waals surface area contributed by atoms with Crippen molar-refractivity contribution in [3.63, 3.8) is 0 Å². The Labute approximate surface area is 248 Å². The lowest BCUT2D eigenvalue weighted by molar-refractivity contribution is -0.0867. The minimum Gasteiger partial charge on any atom is -0.487 e. The van der Waals surface area contributed by atoms with Crippen molar-refractivity contribution in [3.8, 4) is 5.75 Å². The van der Waals surface area contributed by atoms with Crippen LogP contribution in [0.1, 0.15) is 80.3 Å². The van der Waals surface area contributed by atoms with Crippen LogP contribution in [0.3, 0.4) is 0 Å². The van der Waals surface area contributed by atoms with Gasteiger partial charge in [-0.15, -0.1) is 0 Å². The molecule has 2 aliphatic heterocycles. The first-order valence-corrected chi connectivity index (χ1v) is 17.0. The molecule has 6 atom stereocenters. The fourth-order valence-electron chi connectivity index (χ4n) is 7.37. The van der Waals surface area contributed by atoms with Gasteiger partial charge in [-0.25, -0.2) is 13.1 Å². The van der Waals surface area contributed by atoms with Crippen molar-refractivity contribution >= 4 is 33.2 Å². The molecule has 222 valence electrons. The summed E-state index contributed by atoms with van der Waals surface area (Å²) >= 11 is 6.31. The van der Waals surface area contributed by atoms with E-state index in [-0.39, 0.29) is 11.8 Å². The highest BCUT2D eigenvalue weighted by Crippen LogP contribution is 2.57. The van der Waals surface area contributed by atoms with Crippen LogP contribution in [0.25, 0.3) is 0 Å². The third-order valence-electron chi connectivity index (χ3n) is 10.2. The zero-order chi connectivity index (χ0) is 28.9. The Bertz CT molecular complexity index is 1430. The second kappa shape index (κ2) is 11.1. The first-order chi connectivity index (χ1) is 19.5. The van der Waals surface area contributed by atoms with Crippen molar-refractivity contribution in [1.29, 1.82) is 0 Å². The van der Waals surface area contributed by atoms with Gasteiger partial charge >= 0.3 is 0 Å². The van der Waals surface area contributed by atoms with Gasteiger partial charge in [0.05, 0.1) is 16.5 Å². The number of carbonyl (C=O) groups excluding carboxylic acids is 1. The van der Waals surface area contributed by atoms with Crippen molar-refractivity contribution in [3.05, 3.63) is 58.1 Å². The van der Waals surface area contributed by atoms with E-state index < -0.39 is 26.8 Å². The number of carbonyl (C=O) groups is 1.